The lowest BCUT2D eigenvalue weighted by Gasteiger charge is -2.11. The molecule has 0 spiro atoms. The third-order valence-corrected chi connectivity index (χ3v) is 3.56. The van der Waals surface area contributed by atoms with Crippen LogP contribution in [0.25, 0.3) is 10.8 Å². The van der Waals surface area contributed by atoms with Crippen molar-refractivity contribution in [2.24, 2.45) is 0 Å². The number of benzene rings is 3. The van der Waals surface area contributed by atoms with Crippen LogP contribution in [-0.2, 0) is 11.2 Å². The average Bonchev–Trinajstić information content (AvgIpc) is 2.50. The highest BCUT2D eigenvalue weighted by atomic mass is 16.1. The Labute approximate surface area is 124 Å². The molecule has 1 N–H and O–H groups in total. The second-order valence-corrected chi connectivity index (χ2v) is 5.16. The molecule has 0 heterocycles. The van der Waals surface area contributed by atoms with Crippen LogP contribution in [0.4, 0.5) is 5.69 Å². The molecule has 0 aromatic heterocycles. The molecule has 2 heteroatoms. The quantitative estimate of drug-likeness (QED) is 0.754. The van der Waals surface area contributed by atoms with Crippen molar-refractivity contribution in [3.8, 4) is 0 Å². The van der Waals surface area contributed by atoms with Gasteiger partial charge in [0.1, 0.15) is 0 Å². The Balaban J connectivity index is 2.06. The van der Waals surface area contributed by atoms with E-state index in [1.807, 2.05) is 24.3 Å². The van der Waals surface area contributed by atoms with E-state index in [1.165, 1.54) is 23.4 Å². The zero-order valence-corrected chi connectivity index (χ0v) is 12.0. The van der Waals surface area contributed by atoms with Gasteiger partial charge in [0, 0.05) is 18.0 Å². The molecule has 3 aromatic carbocycles. The third-order valence-electron chi connectivity index (χ3n) is 3.56. The second-order valence-electron chi connectivity index (χ2n) is 5.16. The van der Waals surface area contributed by atoms with E-state index in [1.54, 1.807) is 0 Å². The minimum absolute atomic E-state index is 0.0454. The van der Waals surface area contributed by atoms with Gasteiger partial charge in [-0.2, -0.15) is 0 Å². The molecule has 0 aliphatic heterocycles. The standard InChI is InChI=1S/C19H17NO/c1-14(21)20-19-12-11-16(13-15-7-3-2-4-8-15)17-9-5-6-10-18(17)19/h2-12H,13H2,1H3,(H,20,21). The summed E-state index contributed by atoms with van der Waals surface area (Å²) in [4.78, 5) is 11.3. The fourth-order valence-corrected chi connectivity index (χ4v) is 2.63. The smallest absolute Gasteiger partial charge is 0.221 e. The fourth-order valence-electron chi connectivity index (χ4n) is 2.63. The van der Waals surface area contributed by atoms with Crippen molar-refractivity contribution in [2.45, 2.75) is 13.3 Å². The van der Waals surface area contributed by atoms with Gasteiger partial charge in [0.2, 0.25) is 5.91 Å². The summed E-state index contributed by atoms with van der Waals surface area (Å²) < 4.78 is 0. The summed E-state index contributed by atoms with van der Waals surface area (Å²) in [7, 11) is 0. The number of hydrogen-bond acceptors (Lipinski definition) is 1. The highest BCUT2D eigenvalue weighted by Crippen LogP contribution is 2.28. The van der Waals surface area contributed by atoms with E-state index in [0.717, 1.165) is 17.5 Å². The number of carbonyl (C=O) groups excluding carboxylic acids is 1. The molecule has 0 saturated heterocycles. The molecular weight excluding hydrogens is 258 g/mol. The van der Waals surface area contributed by atoms with Gasteiger partial charge in [-0.05, 0) is 29.0 Å². The van der Waals surface area contributed by atoms with E-state index >= 15 is 0 Å². The van der Waals surface area contributed by atoms with E-state index in [0.29, 0.717) is 0 Å². The van der Waals surface area contributed by atoms with Crippen LogP contribution in [0.15, 0.2) is 66.7 Å². The van der Waals surface area contributed by atoms with Gasteiger partial charge < -0.3 is 5.32 Å². The van der Waals surface area contributed by atoms with E-state index in [2.05, 4.69) is 47.8 Å². The Morgan fingerprint density at radius 3 is 2.24 bits per heavy atom. The van der Waals surface area contributed by atoms with Gasteiger partial charge in [-0.15, -0.1) is 0 Å². The van der Waals surface area contributed by atoms with E-state index < -0.39 is 0 Å². The van der Waals surface area contributed by atoms with Crippen molar-refractivity contribution in [1.29, 1.82) is 0 Å². The predicted molar refractivity (Wildman–Crippen MR) is 87.5 cm³/mol. The Bertz CT molecular complexity index is 778. The van der Waals surface area contributed by atoms with Crippen molar-refractivity contribution in [3.63, 3.8) is 0 Å². The zero-order chi connectivity index (χ0) is 14.7. The van der Waals surface area contributed by atoms with Crippen molar-refractivity contribution >= 4 is 22.4 Å². The first-order chi connectivity index (χ1) is 10.2. The van der Waals surface area contributed by atoms with Crippen molar-refractivity contribution < 1.29 is 4.79 Å². The van der Waals surface area contributed by atoms with Crippen LogP contribution in [0.1, 0.15) is 18.1 Å². The number of amides is 1. The normalized spacial score (nSPS) is 10.5. The molecule has 3 rings (SSSR count). The molecule has 0 radical (unpaired) electrons. The summed E-state index contributed by atoms with van der Waals surface area (Å²) >= 11 is 0. The Hall–Kier alpha value is -2.61. The first kappa shape index (κ1) is 13.4. The van der Waals surface area contributed by atoms with Crippen molar-refractivity contribution in [3.05, 3.63) is 77.9 Å². The summed E-state index contributed by atoms with van der Waals surface area (Å²) in [5.74, 6) is -0.0454. The van der Waals surface area contributed by atoms with Crippen molar-refractivity contribution in [1.82, 2.24) is 0 Å². The van der Waals surface area contributed by atoms with Gasteiger partial charge in [0.05, 0.1) is 0 Å². The van der Waals surface area contributed by atoms with Crippen LogP contribution >= 0.6 is 0 Å². The Kier molecular flexibility index (Phi) is 3.69. The summed E-state index contributed by atoms with van der Waals surface area (Å²) in [6.07, 6.45) is 0.891. The molecular formula is C19H17NO. The summed E-state index contributed by atoms with van der Waals surface area (Å²) in [6.45, 7) is 1.53. The van der Waals surface area contributed by atoms with Crippen LogP contribution < -0.4 is 5.32 Å². The maximum Gasteiger partial charge on any atom is 0.221 e. The zero-order valence-electron chi connectivity index (χ0n) is 12.0. The molecule has 0 saturated carbocycles. The minimum Gasteiger partial charge on any atom is -0.326 e. The molecule has 0 bridgehead atoms. The molecule has 104 valence electrons. The van der Waals surface area contributed by atoms with Gasteiger partial charge in [0.25, 0.3) is 0 Å². The van der Waals surface area contributed by atoms with Crippen LogP contribution in [0.5, 0.6) is 0 Å². The number of hydrogen-bond donors (Lipinski definition) is 1. The lowest BCUT2D eigenvalue weighted by atomic mass is 9.97. The molecule has 0 unspecified atom stereocenters. The lowest BCUT2D eigenvalue weighted by Crippen LogP contribution is -2.06. The SMILES string of the molecule is CC(=O)Nc1ccc(Cc2ccccc2)c2ccccc12. The van der Waals surface area contributed by atoms with Crippen LogP contribution in [0.2, 0.25) is 0 Å². The van der Waals surface area contributed by atoms with Gasteiger partial charge in [-0.1, -0.05) is 60.7 Å². The van der Waals surface area contributed by atoms with Gasteiger partial charge in [0.15, 0.2) is 0 Å². The monoisotopic (exact) mass is 275 g/mol. The van der Waals surface area contributed by atoms with Gasteiger partial charge in [-0.25, -0.2) is 0 Å². The van der Waals surface area contributed by atoms with E-state index in [-0.39, 0.29) is 5.91 Å². The Morgan fingerprint density at radius 1 is 0.857 bits per heavy atom. The predicted octanol–water partition coefficient (Wildman–Crippen LogP) is 4.39. The number of nitrogens with one attached hydrogen (secondary N) is 1. The molecule has 0 aliphatic rings. The largest absolute Gasteiger partial charge is 0.326 e. The van der Waals surface area contributed by atoms with Gasteiger partial charge >= 0.3 is 0 Å². The highest BCUT2D eigenvalue weighted by molar-refractivity contribution is 6.02. The summed E-state index contributed by atoms with van der Waals surface area (Å²) in [6, 6.07) is 22.7. The average molecular weight is 275 g/mol. The van der Waals surface area contributed by atoms with Crippen LogP contribution in [0, 0.1) is 0 Å². The minimum atomic E-state index is -0.0454. The fraction of sp³-hybridized carbons (Fsp3) is 0.105. The first-order valence-electron chi connectivity index (χ1n) is 7.06. The Morgan fingerprint density at radius 2 is 1.52 bits per heavy atom. The summed E-state index contributed by atoms with van der Waals surface area (Å²) in [5.41, 5.74) is 3.43. The summed E-state index contributed by atoms with van der Waals surface area (Å²) in [5, 5.41) is 5.17. The topological polar surface area (TPSA) is 29.1 Å². The van der Waals surface area contributed by atoms with Gasteiger partial charge in [-0.3, -0.25) is 4.79 Å². The molecule has 1 amide bonds. The molecule has 0 atom stereocenters. The first-order valence-corrected chi connectivity index (χ1v) is 7.06. The van der Waals surface area contributed by atoms with Crippen molar-refractivity contribution in [2.75, 3.05) is 5.32 Å². The third kappa shape index (κ3) is 2.95. The van der Waals surface area contributed by atoms with E-state index in [9.17, 15) is 4.79 Å². The second kappa shape index (κ2) is 5.80. The van der Waals surface area contributed by atoms with E-state index in [4.69, 9.17) is 0 Å². The highest BCUT2D eigenvalue weighted by Gasteiger charge is 2.07. The number of carbonyl (C=O) groups is 1. The molecule has 21 heavy (non-hydrogen) atoms. The number of rotatable bonds is 3. The molecule has 3 aromatic rings. The van der Waals surface area contributed by atoms with Crippen LogP contribution in [0.3, 0.4) is 0 Å². The lowest BCUT2D eigenvalue weighted by molar-refractivity contribution is -0.114. The number of anilines is 1. The maximum absolute atomic E-state index is 11.3. The molecule has 0 aliphatic carbocycles. The maximum atomic E-state index is 11.3. The van der Waals surface area contributed by atoms with Crippen LogP contribution in [-0.4, -0.2) is 5.91 Å². The molecule has 2 nitrogen and oxygen atoms in total. The molecule has 0 fully saturated rings. The number of fused-ring (bicyclic) bond motifs is 1.